The topological polar surface area (TPSA) is 105 Å². The third-order valence-electron chi connectivity index (χ3n) is 1.42. The van der Waals surface area contributed by atoms with Gasteiger partial charge in [-0.05, 0) is 6.42 Å². The zero-order valence-electron chi connectivity index (χ0n) is 7.49. The normalized spacial score (nSPS) is 11.8. The average molecular weight is 190 g/mol. The summed E-state index contributed by atoms with van der Waals surface area (Å²) in [5, 5.41) is 0. The number of carbonyl (C=O) groups excluding carboxylic acids is 2. The molecule has 6 nitrogen and oxygen atoms in total. The molecule has 13 heavy (non-hydrogen) atoms. The first-order valence-corrected chi connectivity index (χ1v) is 3.94. The van der Waals surface area contributed by atoms with Crippen LogP contribution in [0.2, 0.25) is 0 Å². The molecule has 1 atom stereocenters. The minimum Gasteiger partial charge on any atom is -0.450 e. The summed E-state index contributed by atoms with van der Waals surface area (Å²) in [7, 11) is 0. The molecule has 0 aromatic rings. The van der Waals surface area contributed by atoms with Crippen LogP contribution in [0.5, 0.6) is 0 Å². The molecular weight excluding hydrogens is 176 g/mol. The maximum atomic E-state index is 10.3. The predicted molar refractivity (Wildman–Crippen MR) is 44.9 cm³/mol. The van der Waals surface area contributed by atoms with E-state index in [4.69, 9.17) is 11.5 Å². The average Bonchev–Trinajstić information content (AvgIpc) is 2.01. The number of primary amides is 2. The van der Waals surface area contributed by atoms with E-state index in [0.29, 0.717) is 12.8 Å². The van der Waals surface area contributed by atoms with Crippen LogP contribution in [0.25, 0.3) is 0 Å². The fraction of sp³-hybridized carbons (Fsp3) is 0.714. The van der Waals surface area contributed by atoms with Gasteiger partial charge in [0.15, 0.2) is 0 Å². The third kappa shape index (κ3) is 6.92. The molecule has 76 valence electrons. The molecule has 0 fully saturated rings. The molecule has 6 heteroatoms. The number of hydrogen-bond acceptors (Lipinski definition) is 4. The fourth-order valence-electron chi connectivity index (χ4n) is 0.802. The van der Waals surface area contributed by atoms with Gasteiger partial charge in [-0.1, -0.05) is 6.92 Å². The van der Waals surface area contributed by atoms with E-state index < -0.39 is 12.2 Å². The van der Waals surface area contributed by atoms with E-state index in [1.807, 2.05) is 6.92 Å². The monoisotopic (exact) mass is 190 g/mol. The number of hydrogen-bond donors (Lipinski definition) is 2. The Balaban J connectivity index is 3.59. The lowest BCUT2D eigenvalue weighted by atomic mass is 10.2. The van der Waals surface area contributed by atoms with Crippen molar-refractivity contribution in [1.82, 2.24) is 0 Å². The number of nitrogens with two attached hydrogens (primary N) is 2. The molecule has 0 aliphatic carbocycles. The van der Waals surface area contributed by atoms with Crippen molar-refractivity contribution in [3.05, 3.63) is 0 Å². The third-order valence-corrected chi connectivity index (χ3v) is 1.42. The van der Waals surface area contributed by atoms with Crippen LogP contribution < -0.4 is 11.5 Å². The van der Waals surface area contributed by atoms with Gasteiger partial charge in [0.25, 0.3) is 0 Å². The molecule has 0 aromatic heterocycles. The smallest absolute Gasteiger partial charge is 0.404 e. The van der Waals surface area contributed by atoms with Gasteiger partial charge >= 0.3 is 12.2 Å². The van der Waals surface area contributed by atoms with Gasteiger partial charge in [-0.2, -0.15) is 0 Å². The van der Waals surface area contributed by atoms with Crippen LogP contribution in [-0.2, 0) is 9.47 Å². The van der Waals surface area contributed by atoms with Gasteiger partial charge in [0.1, 0.15) is 6.10 Å². The van der Waals surface area contributed by atoms with E-state index in [0.717, 1.165) is 0 Å². The van der Waals surface area contributed by atoms with Crippen molar-refractivity contribution < 1.29 is 19.1 Å². The molecule has 0 aromatic carbocycles. The van der Waals surface area contributed by atoms with E-state index >= 15 is 0 Å². The van der Waals surface area contributed by atoms with Gasteiger partial charge < -0.3 is 20.9 Å². The van der Waals surface area contributed by atoms with Gasteiger partial charge in [-0.25, -0.2) is 9.59 Å². The summed E-state index contributed by atoms with van der Waals surface area (Å²) in [5.74, 6) is 0. The summed E-state index contributed by atoms with van der Waals surface area (Å²) in [5.41, 5.74) is 9.53. The zero-order chi connectivity index (χ0) is 10.3. The Kier molecular flexibility index (Phi) is 5.42. The van der Waals surface area contributed by atoms with Gasteiger partial charge in [-0.15, -0.1) is 0 Å². The van der Waals surface area contributed by atoms with Crippen LogP contribution in [-0.4, -0.2) is 24.9 Å². The SMILES string of the molecule is CCC(CCOC(N)=O)OC(N)=O. The minimum absolute atomic E-state index is 0.126. The first kappa shape index (κ1) is 11.5. The Morgan fingerprint density at radius 2 is 1.92 bits per heavy atom. The molecule has 0 aliphatic rings. The first-order chi connectivity index (χ1) is 6.06. The van der Waals surface area contributed by atoms with Gasteiger partial charge in [0.2, 0.25) is 0 Å². The lowest BCUT2D eigenvalue weighted by molar-refractivity contribution is 0.0791. The predicted octanol–water partition coefficient (Wildman–Crippen LogP) is 0.346. The summed E-state index contributed by atoms with van der Waals surface area (Å²) in [6.07, 6.45) is -0.968. The molecular formula is C7H14N2O4. The van der Waals surface area contributed by atoms with E-state index in [9.17, 15) is 9.59 Å². The summed E-state index contributed by atoms with van der Waals surface area (Å²) in [6, 6.07) is 0. The van der Waals surface area contributed by atoms with Crippen LogP contribution in [0.15, 0.2) is 0 Å². The molecule has 1 unspecified atom stereocenters. The maximum Gasteiger partial charge on any atom is 0.404 e. The van der Waals surface area contributed by atoms with Gasteiger partial charge in [-0.3, -0.25) is 0 Å². The molecule has 0 saturated heterocycles. The first-order valence-electron chi connectivity index (χ1n) is 3.94. The number of amides is 2. The standard InChI is InChI=1S/C7H14N2O4/c1-2-5(13-7(9)11)3-4-12-6(8)10/h5H,2-4H2,1H3,(H2,8,10)(H2,9,11). The van der Waals surface area contributed by atoms with Gasteiger partial charge in [0.05, 0.1) is 6.61 Å². The largest absolute Gasteiger partial charge is 0.450 e. The molecule has 0 radical (unpaired) electrons. The molecule has 0 heterocycles. The number of ether oxygens (including phenoxy) is 2. The second kappa shape index (κ2) is 6.10. The summed E-state index contributed by atoms with van der Waals surface area (Å²) in [6.45, 7) is 1.96. The molecule has 4 N–H and O–H groups in total. The summed E-state index contributed by atoms with van der Waals surface area (Å²) in [4.78, 5) is 20.5. The fourth-order valence-corrected chi connectivity index (χ4v) is 0.802. The van der Waals surface area contributed by atoms with Crippen LogP contribution in [0.3, 0.4) is 0 Å². The second-order valence-electron chi connectivity index (χ2n) is 2.42. The van der Waals surface area contributed by atoms with Crippen molar-refractivity contribution in [1.29, 1.82) is 0 Å². The molecule has 2 amide bonds. The lowest BCUT2D eigenvalue weighted by Gasteiger charge is -2.13. The Bertz CT molecular complexity index is 183. The van der Waals surface area contributed by atoms with Crippen molar-refractivity contribution in [2.75, 3.05) is 6.61 Å². The highest BCUT2D eigenvalue weighted by Crippen LogP contribution is 2.03. The van der Waals surface area contributed by atoms with Crippen LogP contribution in [0.4, 0.5) is 9.59 Å². The van der Waals surface area contributed by atoms with Crippen molar-refractivity contribution in [2.24, 2.45) is 11.5 Å². The lowest BCUT2D eigenvalue weighted by Crippen LogP contribution is -2.24. The molecule has 0 saturated carbocycles. The summed E-state index contributed by atoms with van der Waals surface area (Å²) < 4.78 is 9.15. The molecule has 0 rings (SSSR count). The Hall–Kier alpha value is -1.46. The number of rotatable bonds is 5. The second-order valence-corrected chi connectivity index (χ2v) is 2.42. The quantitative estimate of drug-likeness (QED) is 0.652. The minimum atomic E-state index is -0.839. The number of carbonyl (C=O) groups is 2. The Morgan fingerprint density at radius 3 is 2.31 bits per heavy atom. The Labute approximate surface area is 76.2 Å². The molecule has 0 spiro atoms. The highest BCUT2D eigenvalue weighted by molar-refractivity contribution is 5.65. The van der Waals surface area contributed by atoms with Crippen molar-refractivity contribution in [3.8, 4) is 0 Å². The molecule has 0 bridgehead atoms. The van der Waals surface area contributed by atoms with Crippen LogP contribution in [0.1, 0.15) is 19.8 Å². The maximum absolute atomic E-state index is 10.3. The van der Waals surface area contributed by atoms with Crippen molar-refractivity contribution in [3.63, 3.8) is 0 Å². The highest BCUT2D eigenvalue weighted by atomic mass is 16.6. The summed E-state index contributed by atoms with van der Waals surface area (Å²) >= 11 is 0. The van der Waals surface area contributed by atoms with E-state index in [1.54, 1.807) is 0 Å². The Morgan fingerprint density at radius 1 is 1.31 bits per heavy atom. The van der Waals surface area contributed by atoms with Crippen LogP contribution >= 0.6 is 0 Å². The zero-order valence-corrected chi connectivity index (χ0v) is 7.49. The van der Waals surface area contributed by atoms with E-state index in [2.05, 4.69) is 9.47 Å². The van der Waals surface area contributed by atoms with Crippen molar-refractivity contribution >= 4 is 12.2 Å². The van der Waals surface area contributed by atoms with Crippen LogP contribution in [0, 0.1) is 0 Å². The van der Waals surface area contributed by atoms with Gasteiger partial charge in [0, 0.05) is 6.42 Å². The van der Waals surface area contributed by atoms with E-state index in [1.165, 1.54) is 0 Å². The molecule has 0 aliphatic heterocycles. The van der Waals surface area contributed by atoms with E-state index in [-0.39, 0.29) is 12.7 Å². The van der Waals surface area contributed by atoms with Crippen molar-refractivity contribution in [2.45, 2.75) is 25.9 Å². The highest BCUT2D eigenvalue weighted by Gasteiger charge is 2.10.